The number of likely N-dealkylation sites (N-methyl/N-ethyl adjacent to an activating group) is 1. The number of rotatable bonds is 7. The van der Waals surface area contributed by atoms with Gasteiger partial charge in [-0.15, -0.1) is 0 Å². The second-order valence-corrected chi connectivity index (χ2v) is 7.17. The van der Waals surface area contributed by atoms with Crippen molar-refractivity contribution < 1.29 is 8.42 Å². The first-order chi connectivity index (χ1) is 10.1. The molecule has 0 bridgehead atoms. The highest BCUT2D eigenvalue weighted by Gasteiger charge is 2.28. The van der Waals surface area contributed by atoms with E-state index in [4.69, 9.17) is 0 Å². The Morgan fingerprint density at radius 1 is 1.29 bits per heavy atom. The summed E-state index contributed by atoms with van der Waals surface area (Å²) in [6, 6.07) is 0. The lowest BCUT2D eigenvalue weighted by Crippen LogP contribution is -2.48. The maximum Gasteiger partial charge on any atom is 0.246 e. The quantitative estimate of drug-likeness (QED) is 0.707. The zero-order chi connectivity index (χ0) is 15.3. The highest BCUT2D eigenvalue weighted by Crippen LogP contribution is 2.17. The number of nitrogens with one attached hydrogen (secondary N) is 1. The van der Waals surface area contributed by atoms with Crippen LogP contribution >= 0.6 is 0 Å². The largest absolute Gasteiger partial charge is 0.320 e. The fourth-order valence-electron chi connectivity index (χ4n) is 2.45. The summed E-state index contributed by atoms with van der Waals surface area (Å²) >= 11 is 0. The molecule has 0 unspecified atom stereocenters. The predicted octanol–water partition coefficient (Wildman–Crippen LogP) is -0.181. The van der Waals surface area contributed by atoms with Crippen LogP contribution in [0.15, 0.2) is 17.3 Å². The standard InChI is InChI=1S/C13H25N5O2S/c1-3-16-7-9-18(10-8-16)21(19,20)13-11-15-17(12-13)6-4-5-14-2/h11-12,14H,3-10H2,1-2H3. The molecule has 0 atom stereocenters. The first kappa shape index (κ1) is 16.4. The van der Waals surface area contributed by atoms with Gasteiger partial charge in [-0.05, 0) is 26.6 Å². The maximum absolute atomic E-state index is 12.6. The Kier molecular flexibility index (Phi) is 5.74. The zero-order valence-electron chi connectivity index (χ0n) is 12.8. The van der Waals surface area contributed by atoms with Crippen molar-refractivity contribution in [3.63, 3.8) is 0 Å². The van der Waals surface area contributed by atoms with E-state index in [-0.39, 0.29) is 0 Å². The summed E-state index contributed by atoms with van der Waals surface area (Å²) in [4.78, 5) is 2.56. The molecule has 1 aromatic heterocycles. The SMILES string of the molecule is CCN1CCN(S(=O)(=O)c2cnn(CCCNC)c2)CC1. The van der Waals surface area contributed by atoms with E-state index < -0.39 is 10.0 Å². The third kappa shape index (κ3) is 4.03. The summed E-state index contributed by atoms with van der Waals surface area (Å²) in [5.74, 6) is 0. The average molecular weight is 315 g/mol. The van der Waals surface area contributed by atoms with Crippen LogP contribution in [0.25, 0.3) is 0 Å². The summed E-state index contributed by atoms with van der Waals surface area (Å²) in [7, 11) is -1.50. The molecule has 8 heteroatoms. The van der Waals surface area contributed by atoms with Gasteiger partial charge in [0.1, 0.15) is 4.90 Å². The number of nitrogens with zero attached hydrogens (tertiary/aromatic N) is 4. The minimum absolute atomic E-state index is 0.303. The van der Waals surface area contributed by atoms with Crippen molar-refractivity contribution >= 4 is 10.0 Å². The third-order valence-corrected chi connectivity index (χ3v) is 5.69. The summed E-state index contributed by atoms with van der Waals surface area (Å²) < 4.78 is 28.4. The Bertz CT molecular complexity index is 535. The fourth-order valence-corrected chi connectivity index (χ4v) is 3.83. The predicted molar refractivity (Wildman–Crippen MR) is 81.6 cm³/mol. The van der Waals surface area contributed by atoms with Gasteiger partial charge in [-0.1, -0.05) is 6.92 Å². The average Bonchev–Trinajstić information content (AvgIpc) is 2.97. The second kappa shape index (κ2) is 7.35. The molecule has 2 rings (SSSR count). The van der Waals surface area contributed by atoms with E-state index >= 15 is 0 Å². The van der Waals surface area contributed by atoms with Crippen LogP contribution in [0.3, 0.4) is 0 Å². The molecular weight excluding hydrogens is 290 g/mol. The van der Waals surface area contributed by atoms with Crippen molar-refractivity contribution in [1.82, 2.24) is 24.3 Å². The molecule has 7 nitrogen and oxygen atoms in total. The number of aryl methyl sites for hydroxylation is 1. The van der Waals surface area contributed by atoms with Gasteiger partial charge in [0.25, 0.3) is 0 Å². The van der Waals surface area contributed by atoms with E-state index in [1.54, 1.807) is 15.2 Å². The lowest BCUT2D eigenvalue weighted by molar-refractivity contribution is 0.196. The smallest absolute Gasteiger partial charge is 0.246 e. The van der Waals surface area contributed by atoms with E-state index in [9.17, 15) is 8.42 Å². The number of piperazine rings is 1. The maximum atomic E-state index is 12.6. The Balaban J connectivity index is 1.99. The van der Waals surface area contributed by atoms with E-state index in [0.717, 1.165) is 39.1 Å². The molecule has 0 amide bonds. The van der Waals surface area contributed by atoms with E-state index in [0.29, 0.717) is 18.0 Å². The molecule has 1 aliphatic heterocycles. The van der Waals surface area contributed by atoms with Crippen molar-refractivity contribution in [3.8, 4) is 0 Å². The van der Waals surface area contributed by atoms with Gasteiger partial charge in [0.15, 0.2) is 0 Å². The Labute approximate surface area is 127 Å². The molecule has 2 heterocycles. The van der Waals surface area contributed by atoms with Gasteiger partial charge in [0.2, 0.25) is 10.0 Å². The second-order valence-electron chi connectivity index (χ2n) is 5.23. The van der Waals surface area contributed by atoms with Crippen LogP contribution in [0.2, 0.25) is 0 Å². The van der Waals surface area contributed by atoms with Crippen molar-refractivity contribution in [2.24, 2.45) is 0 Å². The molecule has 21 heavy (non-hydrogen) atoms. The van der Waals surface area contributed by atoms with Crippen LogP contribution < -0.4 is 5.32 Å². The van der Waals surface area contributed by atoms with Crippen molar-refractivity contribution in [1.29, 1.82) is 0 Å². The topological polar surface area (TPSA) is 70.5 Å². The van der Waals surface area contributed by atoms with Crippen LogP contribution in [-0.4, -0.2) is 73.7 Å². The van der Waals surface area contributed by atoms with Crippen molar-refractivity contribution in [2.75, 3.05) is 46.3 Å². The number of hydrogen-bond donors (Lipinski definition) is 1. The molecule has 0 radical (unpaired) electrons. The van der Waals surface area contributed by atoms with Crippen LogP contribution in [0.4, 0.5) is 0 Å². The normalized spacial score (nSPS) is 18.2. The van der Waals surface area contributed by atoms with Gasteiger partial charge in [0, 0.05) is 38.9 Å². The van der Waals surface area contributed by atoms with Gasteiger partial charge in [0.05, 0.1) is 6.20 Å². The third-order valence-electron chi connectivity index (χ3n) is 3.84. The first-order valence-corrected chi connectivity index (χ1v) is 8.91. The molecular formula is C13H25N5O2S. The van der Waals surface area contributed by atoms with E-state index in [1.165, 1.54) is 6.20 Å². The highest BCUT2D eigenvalue weighted by molar-refractivity contribution is 7.89. The van der Waals surface area contributed by atoms with Crippen LogP contribution in [-0.2, 0) is 16.6 Å². The first-order valence-electron chi connectivity index (χ1n) is 7.47. The summed E-state index contributed by atoms with van der Waals surface area (Å²) in [5.41, 5.74) is 0. The van der Waals surface area contributed by atoms with Crippen molar-refractivity contribution in [2.45, 2.75) is 24.8 Å². The molecule has 1 N–H and O–H groups in total. The number of aromatic nitrogens is 2. The summed E-state index contributed by atoms with van der Waals surface area (Å²) in [6.07, 6.45) is 4.02. The minimum Gasteiger partial charge on any atom is -0.320 e. The molecule has 1 aromatic rings. The van der Waals surface area contributed by atoms with E-state index in [2.05, 4.69) is 22.2 Å². The molecule has 0 aromatic carbocycles. The lowest BCUT2D eigenvalue weighted by atomic mass is 10.4. The van der Waals surface area contributed by atoms with Crippen LogP contribution in [0.5, 0.6) is 0 Å². The van der Waals surface area contributed by atoms with Crippen molar-refractivity contribution in [3.05, 3.63) is 12.4 Å². The molecule has 0 spiro atoms. The summed E-state index contributed by atoms with van der Waals surface area (Å²) in [5, 5.41) is 7.22. The van der Waals surface area contributed by atoms with E-state index in [1.807, 2.05) is 7.05 Å². The molecule has 120 valence electrons. The lowest BCUT2D eigenvalue weighted by Gasteiger charge is -2.32. The molecule has 0 saturated carbocycles. The van der Waals surface area contributed by atoms with Crippen LogP contribution in [0.1, 0.15) is 13.3 Å². The Hall–Kier alpha value is -0.960. The monoisotopic (exact) mass is 315 g/mol. The molecule has 0 aliphatic carbocycles. The van der Waals surface area contributed by atoms with Gasteiger partial charge in [-0.25, -0.2) is 8.42 Å². The van der Waals surface area contributed by atoms with Gasteiger partial charge >= 0.3 is 0 Å². The fraction of sp³-hybridized carbons (Fsp3) is 0.769. The minimum atomic E-state index is -3.40. The van der Waals surface area contributed by atoms with Gasteiger partial charge in [-0.2, -0.15) is 9.40 Å². The molecule has 1 fully saturated rings. The van der Waals surface area contributed by atoms with Gasteiger partial charge < -0.3 is 10.2 Å². The Morgan fingerprint density at radius 3 is 2.62 bits per heavy atom. The number of sulfonamides is 1. The molecule has 1 saturated heterocycles. The number of hydrogen-bond acceptors (Lipinski definition) is 5. The molecule has 1 aliphatic rings. The van der Waals surface area contributed by atoms with Crippen LogP contribution in [0, 0.1) is 0 Å². The Morgan fingerprint density at radius 2 is 2.00 bits per heavy atom. The zero-order valence-corrected chi connectivity index (χ0v) is 13.6. The van der Waals surface area contributed by atoms with Gasteiger partial charge in [-0.3, -0.25) is 4.68 Å². The highest BCUT2D eigenvalue weighted by atomic mass is 32.2. The summed E-state index contributed by atoms with van der Waals surface area (Å²) in [6.45, 7) is 7.39.